The summed E-state index contributed by atoms with van der Waals surface area (Å²) in [4.78, 5) is 2.77. The van der Waals surface area contributed by atoms with Crippen molar-refractivity contribution in [1.29, 1.82) is 0 Å². The Morgan fingerprint density at radius 2 is 1.18 bits per heavy atom. The minimum Gasteiger partial charge on any atom is -0.376 e. The van der Waals surface area contributed by atoms with Gasteiger partial charge in [-0.1, -0.05) is 139 Å². The fourth-order valence-corrected chi connectivity index (χ4v) is 12.4. The predicted molar refractivity (Wildman–Crippen MR) is 264 cm³/mol. The summed E-state index contributed by atoms with van der Waals surface area (Å²) in [6.07, 6.45) is 2.36. The lowest BCUT2D eigenvalue weighted by Gasteiger charge is -2.46. The molecule has 1 aliphatic carbocycles. The van der Waals surface area contributed by atoms with Crippen LogP contribution in [0.2, 0.25) is 0 Å². The lowest BCUT2D eigenvalue weighted by Crippen LogP contribution is -2.61. The van der Waals surface area contributed by atoms with Crippen molar-refractivity contribution < 1.29 is 0 Å². The van der Waals surface area contributed by atoms with E-state index in [4.69, 9.17) is 0 Å². The van der Waals surface area contributed by atoms with E-state index in [9.17, 15) is 0 Å². The van der Waals surface area contributed by atoms with E-state index >= 15 is 0 Å². The second kappa shape index (κ2) is 12.0. The minimum atomic E-state index is -0.0347. The van der Waals surface area contributed by atoms with Crippen LogP contribution in [0.15, 0.2) is 97.1 Å². The van der Waals surface area contributed by atoms with Crippen molar-refractivity contribution in [2.75, 3.05) is 4.81 Å². The Morgan fingerprint density at radius 3 is 1.85 bits per heavy atom. The van der Waals surface area contributed by atoms with Gasteiger partial charge in [0.15, 0.2) is 0 Å². The molecule has 2 aliphatic heterocycles. The summed E-state index contributed by atoms with van der Waals surface area (Å²) >= 11 is 2.00. The summed E-state index contributed by atoms with van der Waals surface area (Å²) in [5, 5.41) is 5.57. The zero-order valence-corrected chi connectivity index (χ0v) is 38.8. The van der Waals surface area contributed by atoms with E-state index in [1.165, 1.54) is 122 Å². The summed E-state index contributed by atoms with van der Waals surface area (Å²) in [6, 6.07) is 39.0. The molecule has 2 aromatic heterocycles. The van der Waals surface area contributed by atoms with E-state index in [0.29, 0.717) is 0 Å². The van der Waals surface area contributed by atoms with Crippen molar-refractivity contribution in [2.24, 2.45) is 0 Å². The van der Waals surface area contributed by atoms with Gasteiger partial charge in [0.05, 0.1) is 11.0 Å². The molecular weight excluding hydrogens is 744 g/mol. The molecule has 0 radical (unpaired) electrons. The molecule has 11 rings (SSSR count). The molecule has 0 saturated heterocycles. The Morgan fingerprint density at radius 1 is 0.583 bits per heavy atom. The molecular formula is C56H59BN2S. The number of thiophene rings is 1. The largest absolute Gasteiger partial charge is 0.376 e. The van der Waals surface area contributed by atoms with Crippen LogP contribution in [0.3, 0.4) is 0 Å². The summed E-state index contributed by atoms with van der Waals surface area (Å²) in [5.74, 6) is 0. The minimum absolute atomic E-state index is 0.0121. The first-order valence-electron chi connectivity index (χ1n) is 22.3. The monoisotopic (exact) mass is 802 g/mol. The van der Waals surface area contributed by atoms with Gasteiger partial charge in [-0.15, -0.1) is 11.3 Å². The van der Waals surface area contributed by atoms with Crippen LogP contribution in [0.5, 0.6) is 0 Å². The number of nitrogens with zero attached hydrogens (tertiary/aromatic N) is 2. The van der Waals surface area contributed by atoms with E-state index in [0.717, 1.165) is 0 Å². The van der Waals surface area contributed by atoms with Gasteiger partial charge in [0.2, 0.25) is 0 Å². The Kier molecular flexibility index (Phi) is 7.61. The van der Waals surface area contributed by atoms with Crippen LogP contribution in [0.1, 0.15) is 131 Å². The number of fused-ring (bicyclic) bond motifs is 14. The highest BCUT2D eigenvalue weighted by Crippen LogP contribution is 2.56. The second-order valence-electron chi connectivity index (χ2n) is 22.9. The van der Waals surface area contributed by atoms with E-state index in [1.807, 2.05) is 11.3 Å². The third-order valence-corrected chi connectivity index (χ3v) is 16.1. The summed E-state index contributed by atoms with van der Waals surface area (Å²) < 4.78 is 5.45. The number of hydrogen-bond acceptors (Lipinski definition) is 2. The van der Waals surface area contributed by atoms with Crippen LogP contribution in [0.25, 0.3) is 58.8 Å². The van der Waals surface area contributed by atoms with E-state index in [2.05, 4.69) is 196 Å². The second-order valence-corrected chi connectivity index (χ2v) is 24.0. The molecule has 0 amide bonds. The molecule has 0 spiro atoms. The molecule has 2 nitrogen and oxygen atoms in total. The zero-order chi connectivity index (χ0) is 42.2. The fraction of sp³-hybridized carbons (Fsp3) is 0.357. The number of benzene rings is 6. The molecule has 60 heavy (non-hydrogen) atoms. The highest BCUT2D eigenvalue weighted by molar-refractivity contribution is 7.27. The molecule has 6 aromatic carbocycles. The molecule has 0 fully saturated rings. The van der Waals surface area contributed by atoms with Crippen LogP contribution < -0.4 is 15.7 Å². The molecule has 0 N–H and O–H groups in total. The Balaban J connectivity index is 1.40. The standard InChI is InChI=1S/C56H59BN2S/c1-52(2,3)32-18-22-35(23-19-32)59-44-31-40-39(55(10,11)26-27-56(40,12)13)30-38(44)46-47-36-16-14-15-17-45(36)60-51(47)48-37-28-33(53(4,5)6)20-24-42(37)58-43-25-21-34(54(7,8)9)29-41(43)57(59)49(46)50(48)58/h14-25,28-31H,26-27H2,1-13H3. The highest BCUT2D eigenvalue weighted by atomic mass is 32.1. The maximum Gasteiger partial charge on any atom is 0.333 e. The average molecular weight is 803 g/mol. The van der Waals surface area contributed by atoms with Gasteiger partial charge in [0.1, 0.15) is 0 Å². The first-order valence-corrected chi connectivity index (χ1v) is 23.2. The lowest BCUT2D eigenvalue weighted by molar-refractivity contribution is 0.332. The van der Waals surface area contributed by atoms with Crippen LogP contribution >= 0.6 is 11.3 Å². The fourth-order valence-electron chi connectivity index (χ4n) is 11.2. The maximum atomic E-state index is 2.77. The summed E-state index contributed by atoms with van der Waals surface area (Å²) in [6.45, 7) is 31.0. The van der Waals surface area contributed by atoms with Crippen molar-refractivity contribution in [3.63, 3.8) is 0 Å². The normalized spacial score (nSPS) is 16.8. The van der Waals surface area contributed by atoms with E-state index < -0.39 is 0 Å². The van der Waals surface area contributed by atoms with Gasteiger partial charge in [0.25, 0.3) is 0 Å². The first kappa shape index (κ1) is 38.2. The van der Waals surface area contributed by atoms with Crippen LogP contribution in [0, 0.1) is 0 Å². The van der Waals surface area contributed by atoms with Gasteiger partial charge in [-0.25, -0.2) is 0 Å². The third-order valence-electron chi connectivity index (χ3n) is 14.9. The molecule has 0 saturated carbocycles. The molecule has 0 atom stereocenters. The number of anilines is 2. The SMILES string of the molecule is CC(C)(C)c1ccc(N2B3c4cc(C(C)(C)C)ccc4-n4c5ccc(C(C)(C)C)cc5c5c6sc7ccccc7c6c(c3c54)-c3cc4c(cc32)C(C)(C)CCC4(C)C)cc1. The average Bonchev–Trinajstić information content (AvgIpc) is 3.74. The smallest absolute Gasteiger partial charge is 0.333 e. The van der Waals surface area contributed by atoms with Crippen molar-refractivity contribution in [1.82, 2.24) is 4.57 Å². The predicted octanol–water partition coefficient (Wildman–Crippen LogP) is 14.6. The Bertz CT molecular complexity index is 3150. The lowest BCUT2D eigenvalue weighted by atomic mass is 9.43. The van der Waals surface area contributed by atoms with Gasteiger partial charge in [-0.05, 0) is 133 Å². The van der Waals surface area contributed by atoms with E-state index in [-0.39, 0.29) is 33.9 Å². The third kappa shape index (κ3) is 5.19. The van der Waals surface area contributed by atoms with Crippen molar-refractivity contribution in [3.8, 4) is 16.8 Å². The van der Waals surface area contributed by atoms with Gasteiger partial charge < -0.3 is 9.38 Å². The van der Waals surface area contributed by atoms with E-state index in [1.54, 1.807) is 0 Å². The number of aromatic nitrogens is 1. The molecule has 8 aromatic rings. The molecule has 0 unspecified atom stereocenters. The van der Waals surface area contributed by atoms with Crippen LogP contribution in [0.4, 0.5) is 11.4 Å². The van der Waals surface area contributed by atoms with Crippen molar-refractivity contribution in [3.05, 3.63) is 125 Å². The van der Waals surface area contributed by atoms with Crippen LogP contribution in [-0.2, 0) is 27.1 Å². The summed E-state index contributed by atoms with van der Waals surface area (Å²) in [7, 11) is 0. The highest BCUT2D eigenvalue weighted by Gasteiger charge is 2.48. The Labute approximate surface area is 361 Å². The topological polar surface area (TPSA) is 8.17 Å². The summed E-state index contributed by atoms with van der Waals surface area (Å²) in [5.41, 5.74) is 19.6. The molecule has 4 heterocycles. The number of rotatable bonds is 1. The number of hydrogen-bond donors (Lipinski definition) is 0. The first-order chi connectivity index (χ1) is 28.1. The quantitative estimate of drug-likeness (QED) is 0.150. The molecule has 3 aliphatic rings. The van der Waals surface area contributed by atoms with Gasteiger partial charge in [-0.3, -0.25) is 0 Å². The zero-order valence-electron chi connectivity index (χ0n) is 38.0. The van der Waals surface area contributed by atoms with Gasteiger partial charge in [0, 0.05) is 53.6 Å². The molecule has 0 bridgehead atoms. The van der Waals surface area contributed by atoms with Gasteiger partial charge >= 0.3 is 6.85 Å². The molecule has 4 heteroatoms. The maximum absolute atomic E-state index is 2.77. The molecule has 302 valence electrons. The van der Waals surface area contributed by atoms with Gasteiger partial charge in [-0.2, -0.15) is 0 Å². The van der Waals surface area contributed by atoms with Crippen molar-refractivity contribution in [2.45, 2.75) is 130 Å². The van der Waals surface area contributed by atoms with Crippen LogP contribution in [-0.4, -0.2) is 11.4 Å². The van der Waals surface area contributed by atoms with Crippen molar-refractivity contribution >= 4 is 82.5 Å². The Hall–Kier alpha value is -4.80.